The molecule has 1 heterocycles. The van der Waals surface area contributed by atoms with Crippen LogP contribution < -0.4 is 15.4 Å². The predicted octanol–water partition coefficient (Wildman–Crippen LogP) is 1.40. The van der Waals surface area contributed by atoms with Gasteiger partial charge in [-0.2, -0.15) is 0 Å². The second-order valence-corrected chi connectivity index (χ2v) is 5.87. The molecule has 1 aromatic heterocycles. The van der Waals surface area contributed by atoms with E-state index in [9.17, 15) is 0 Å². The van der Waals surface area contributed by atoms with Crippen molar-refractivity contribution in [2.24, 2.45) is 12.0 Å². The first-order valence-corrected chi connectivity index (χ1v) is 8.63. The highest BCUT2D eigenvalue weighted by Crippen LogP contribution is 2.13. The van der Waals surface area contributed by atoms with Crippen molar-refractivity contribution in [2.75, 3.05) is 27.4 Å². The molecular weight excluding hydrogens is 332 g/mol. The van der Waals surface area contributed by atoms with Crippen molar-refractivity contribution in [3.8, 4) is 5.75 Å². The molecule has 0 saturated heterocycles. The van der Waals surface area contributed by atoms with Gasteiger partial charge in [-0.15, -0.1) is 10.2 Å². The van der Waals surface area contributed by atoms with Gasteiger partial charge in [-0.25, -0.2) is 4.99 Å². The van der Waals surface area contributed by atoms with Gasteiger partial charge in [0, 0.05) is 27.3 Å². The molecule has 0 radical (unpaired) electrons. The zero-order valence-corrected chi connectivity index (χ0v) is 16.0. The number of nitrogens with zero attached hydrogens (tertiary/aromatic N) is 4. The number of aliphatic imine (C=N–C) groups is 1. The number of hydrogen-bond donors (Lipinski definition) is 2. The van der Waals surface area contributed by atoms with Crippen LogP contribution in [-0.2, 0) is 24.9 Å². The van der Waals surface area contributed by atoms with Crippen LogP contribution in [0.1, 0.15) is 23.6 Å². The summed E-state index contributed by atoms with van der Waals surface area (Å²) >= 11 is 0. The molecule has 0 saturated carbocycles. The summed E-state index contributed by atoms with van der Waals surface area (Å²) < 4.78 is 12.3. The van der Waals surface area contributed by atoms with Crippen LogP contribution in [0, 0.1) is 6.92 Å². The molecule has 2 aromatic rings. The Labute approximate surface area is 154 Å². The zero-order chi connectivity index (χ0) is 18.8. The summed E-state index contributed by atoms with van der Waals surface area (Å²) in [4.78, 5) is 4.66. The van der Waals surface area contributed by atoms with E-state index in [1.54, 1.807) is 14.2 Å². The molecular formula is C18H28N6O2. The molecule has 0 amide bonds. The molecule has 8 nitrogen and oxygen atoms in total. The van der Waals surface area contributed by atoms with Crippen molar-refractivity contribution < 1.29 is 9.47 Å². The number of benzene rings is 1. The summed E-state index contributed by atoms with van der Waals surface area (Å²) in [5, 5.41) is 14.9. The maximum absolute atomic E-state index is 5.26. The summed E-state index contributed by atoms with van der Waals surface area (Å²) in [5.41, 5.74) is 1.08. The van der Waals surface area contributed by atoms with E-state index >= 15 is 0 Å². The molecule has 142 valence electrons. The van der Waals surface area contributed by atoms with Gasteiger partial charge in [0.25, 0.3) is 0 Å². The Morgan fingerprint density at radius 1 is 1.23 bits per heavy atom. The second-order valence-electron chi connectivity index (χ2n) is 5.87. The average Bonchev–Trinajstić information content (AvgIpc) is 2.99. The fourth-order valence-electron chi connectivity index (χ4n) is 2.31. The predicted molar refractivity (Wildman–Crippen MR) is 101 cm³/mol. The third-order valence-corrected chi connectivity index (χ3v) is 3.97. The normalized spacial score (nSPS) is 11.5. The van der Waals surface area contributed by atoms with Gasteiger partial charge in [-0.05, 0) is 31.0 Å². The van der Waals surface area contributed by atoms with Crippen LogP contribution in [0.15, 0.2) is 29.3 Å². The number of methoxy groups -OCH3 is 2. The van der Waals surface area contributed by atoms with E-state index in [-0.39, 0.29) is 0 Å². The molecule has 0 aliphatic carbocycles. The highest BCUT2D eigenvalue weighted by Gasteiger charge is 2.06. The highest BCUT2D eigenvalue weighted by molar-refractivity contribution is 5.79. The topological polar surface area (TPSA) is 85.6 Å². The van der Waals surface area contributed by atoms with Crippen molar-refractivity contribution in [2.45, 2.75) is 26.4 Å². The molecule has 26 heavy (non-hydrogen) atoms. The minimum absolute atomic E-state index is 0.547. The lowest BCUT2D eigenvalue weighted by Gasteiger charge is -2.12. The van der Waals surface area contributed by atoms with E-state index in [4.69, 9.17) is 9.47 Å². The van der Waals surface area contributed by atoms with E-state index < -0.39 is 0 Å². The van der Waals surface area contributed by atoms with Crippen molar-refractivity contribution in [3.05, 3.63) is 41.5 Å². The third-order valence-electron chi connectivity index (χ3n) is 3.97. The molecule has 2 rings (SSSR count). The van der Waals surface area contributed by atoms with E-state index in [1.165, 1.54) is 0 Å². The number of aromatic nitrogens is 3. The smallest absolute Gasteiger partial charge is 0.191 e. The minimum atomic E-state index is 0.547. The highest BCUT2D eigenvalue weighted by atomic mass is 16.5. The number of rotatable bonds is 9. The van der Waals surface area contributed by atoms with Gasteiger partial charge >= 0.3 is 0 Å². The number of aryl methyl sites for hydroxylation is 1. The van der Waals surface area contributed by atoms with Gasteiger partial charge in [-0.3, -0.25) is 0 Å². The Balaban J connectivity index is 2.00. The van der Waals surface area contributed by atoms with Gasteiger partial charge < -0.3 is 24.7 Å². The Hall–Kier alpha value is -2.61. The third kappa shape index (κ3) is 6.03. The SMILES string of the molecule is COCCCNC(=NCc1cccc(OC)c1)NCc1nnc(C)n1C. The molecule has 0 bridgehead atoms. The van der Waals surface area contributed by atoms with Crippen LogP contribution in [-0.4, -0.2) is 48.1 Å². The summed E-state index contributed by atoms with van der Waals surface area (Å²) in [6.45, 7) is 4.51. The van der Waals surface area contributed by atoms with Gasteiger partial charge in [-0.1, -0.05) is 12.1 Å². The Kier molecular flexibility index (Phi) is 7.88. The van der Waals surface area contributed by atoms with Crippen LogP contribution >= 0.6 is 0 Å². The minimum Gasteiger partial charge on any atom is -0.497 e. The molecule has 0 fully saturated rings. The zero-order valence-electron chi connectivity index (χ0n) is 16.0. The summed E-state index contributed by atoms with van der Waals surface area (Å²) in [6, 6.07) is 7.90. The number of nitrogens with one attached hydrogen (secondary N) is 2. The Morgan fingerprint density at radius 3 is 2.77 bits per heavy atom. The lowest BCUT2D eigenvalue weighted by Crippen LogP contribution is -2.38. The fraction of sp³-hybridized carbons (Fsp3) is 0.500. The standard InChI is InChI=1S/C18H28N6O2/c1-14-22-23-17(24(14)2)13-21-18(19-9-6-10-25-3)20-12-15-7-5-8-16(11-15)26-4/h5,7-8,11H,6,9-10,12-13H2,1-4H3,(H2,19,20,21). The molecule has 0 spiro atoms. The van der Waals surface area contributed by atoms with E-state index in [1.807, 2.05) is 42.8 Å². The molecule has 0 aliphatic rings. The lowest BCUT2D eigenvalue weighted by atomic mass is 10.2. The van der Waals surface area contributed by atoms with Gasteiger partial charge in [0.15, 0.2) is 11.8 Å². The van der Waals surface area contributed by atoms with Crippen LogP contribution in [0.25, 0.3) is 0 Å². The Morgan fingerprint density at radius 2 is 2.08 bits per heavy atom. The van der Waals surface area contributed by atoms with Crippen molar-refractivity contribution in [3.63, 3.8) is 0 Å². The quantitative estimate of drug-likeness (QED) is 0.399. The number of hydrogen-bond acceptors (Lipinski definition) is 5. The monoisotopic (exact) mass is 360 g/mol. The Bertz CT molecular complexity index is 713. The van der Waals surface area contributed by atoms with E-state index in [0.29, 0.717) is 19.7 Å². The first-order chi connectivity index (χ1) is 12.6. The molecule has 0 atom stereocenters. The van der Waals surface area contributed by atoms with Crippen molar-refractivity contribution in [1.29, 1.82) is 0 Å². The van der Waals surface area contributed by atoms with Crippen LogP contribution in [0.2, 0.25) is 0 Å². The van der Waals surface area contributed by atoms with Crippen LogP contribution in [0.4, 0.5) is 0 Å². The fourth-order valence-corrected chi connectivity index (χ4v) is 2.31. The first-order valence-electron chi connectivity index (χ1n) is 8.63. The van der Waals surface area contributed by atoms with Gasteiger partial charge in [0.05, 0.1) is 20.2 Å². The molecule has 8 heteroatoms. The molecule has 2 N–H and O–H groups in total. The molecule has 0 unspecified atom stereocenters. The summed E-state index contributed by atoms with van der Waals surface area (Å²) in [5.74, 6) is 3.29. The van der Waals surface area contributed by atoms with E-state index in [0.717, 1.165) is 41.9 Å². The maximum Gasteiger partial charge on any atom is 0.191 e. The maximum atomic E-state index is 5.26. The molecule has 0 aliphatic heterocycles. The van der Waals surface area contributed by atoms with Crippen molar-refractivity contribution >= 4 is 5.96 Å². The van der Waals surface area contributed by atoms with Crippen molar-refractivity contribution in [1.82, 2.24) is 25.4 Å². The number of ether oxygens (including phenoxy) is 2. The summed E-state index contributed by atoms with van der Waals surface area (Å²) in [6.07, 6.45) is 0.902. The number of guanidine groups is 1. The molecule has 1 aromatic carbocycles. The van der Waals surface area contributed by atoms with Gasteiger partial charge in [0.1, 0.15) is 11.6 Å². The second kappa shape index (κ2) is 10.4. The van der Waals surface area contributed by atoms with Gasteiger partial charge in [0.2, 0.25) is 0 Å². The lowest BCUT2D eigenvalue weighted by molar-refractivity contribution is 0.195. The van der Waals surface area contributed by atoms with Crippen LogP contribution in [0.5, 0.6) is 5.75 Å². The summed E-state index contributed by atoms with van der Waals surface area (Å²) in [7, 11) is 5.31. The average molecular weight is 360 g/mol. The largest absolute Gasteiger partial charge is 0.497 e. The van der Waals surface area contributed by atoms with Crippen LogP contribution in [0.3, 0.4) is 0 Å². The van der Waals surface area contributed by atoms with E-state index in [2.05, 4.69) is 25.8 Å². The first kappa shape index (κ1) is 19.7.